The molecule has 4 N–H and O–H groups in total. The fourth-order valence-corrected chi connectivity index (χ4v) is 3.10. The molecular formula is C21H31N3O4. The van der Waals surface area contributed by atoms with E-state index in [0.29, 0.717) is 11.6 Å². The van der Waals surface area contributed by atoms with Crippen LogP contribution in [0.1, 0.15) is 50.4 Å². The lowest BCUT2D eigenvalue weighted by Crippen LogP contribution is -2.48. The largest absolute Gasteiger partial charge is 0.505 e. The number of aliphatic hydroxyl groups is 1. The van der Waals surface area contributed by atoms with Crippen LogP contribution in [0.4, 0.5) is 5.69 Å². The van der Waals surface area contributed by atoms with Crippen LogP contribution in [0.2, 0.25) is 0 Å². The highest BCUT2D eigenvalue weighted by molar-refractivity contribution is 6.11. The summed E-state index contributed by atoms with van der Waals surface area (Å²) in [4.78, 5) is 25.7. The van der Waals surface area contributed by atoms with Gasteiger partial charge in [0.2, 0.25) is 5.78 Å². The van der Waals surface area contributed by atoms with Crippen molar-refractivity contribution in [3.63, 3.8) is 0 Å². The fraction of sp³-hybridized carbons (Fsp3) is 0.524. The number of nitrogens with one attached hydrogen (secondary N) is 2. The molecular weight excluding hydrogens is 358 g/mol. The van der Waals surface area contributed by atoms with Crippen LogP contribution in [0, 0.1) is 5.92 Å². The summed E-state index contributed by atoms with van der Waals surface area (Å²) in [5.74, 6) is -0.375. The average Bonchev–Trinajstić information content (AvgIpc) is 2.64. The molecule has 1 aromatic carbocycles. The molecule has 7 heteroatoms. The van der Waals surface area contributed by atoms with Gasteiger partial charge in [-0.2, -0.15) is 0 Å². The molecule has 2 unspecified atom stereocenters. The van der Waals surface area contributed by atoms with Crippen LogP contribution in [0.25, 0.3) is 0 Å². The highest BCUT2D eigenvalue weighted by Gasteiger charge is 2.39. The molecule has 28 heavy (non-hydrogen) atoms. The molecule has 0 heterocycles. The summed E-state index contributed by atoms with van der Waals surface area (Å²) in [5, 5.41) is 26.6. The van der Waals surface area contributed by atoms with E-state index in [9.17, 15) is 19.8 Å². The molecule has 1 amide bonds. The van der Waals surface area contributed by atoms with Gasteiger partial charge in [-0.15, -0.1) is 0 Å². The third kappa shape index (κ3) is 4.84. The van der Waals surface area contributed by atoms with Gasteiger partial charge in [-0.05, 0) is 31.4 Å². The zero-order valence-corrected chi connectivity index (χ0v) is 17.2. The number of amides is 1. The smallest absolute Gasteiger partial charge is 0.257 e. The van der Waals surface area contributed by atoms with E-state index >= 15 is 0 Å². The van der Waals surface area contributed by atoms with Gasteiger partial charge in [-0.25, -0.2) is 0 Å². The Labute approximate surface area is 166 Å². The minimum Gasteiger partial charge on any atom is -0.505 e. The van der Waals surface area contributed by atoms with Gasteiger partial charge in [0.15, 0.2) is 11.9 Å². The molecule has 0 aliphatic heterocycles. The molecule has 1 aromatic rings. The van der Waals surface area contributed by atoms with Crippen LogP contribution >= 0.6 is 0 Å². The Morgan fingerprint density at radius 3 is 2.50 bits per heavy atom. The first-order valence-electron chi connectivity index (χ1n) is 9.67. The number of nitrogens with zero attached hydrogens (tertiary/aromatic N) is 1. The van der Waals surface area contributed by atoms with E-state index in [-0.39, 0.29) is 34.6 Å². The van der Waals surface area contributed by atoms with Crippen molar-refractivity contribution >= 4 is 17.4 Å². The van der Waals surface area contributed by atoms with Gasteiger partial charge in [0.25, 0.3) is 5.91 Å². The van der Waals surface area contributed by atoms with Crippen LogP contribution in [0.5, 0.6) is 5.75 Å². The molecule has 0 bridgehead atoms. The van der Waals surface area contributed by atoms with Crippen molar-refractivity contribution in [2.45, 2.75) is 52.2 Å². The molecule has 0 aromatic heterocycles. The summed E-state index contributed by atoms with van der Waals surface area (Å²) in [6.07, 6.45) is 1.91. The normalized spacial score (nSPS) is 17.4. The van der Waals surface area contributed by atoms with Crippen molar-refractivity contribution in [1.82, 2.24) is 10.2 Å². The number of anilines is 1. The number of benzene rings is 1. The Morgan fingerprint density at radius 1 is 1.21 bits per heavy atom. The quantitative estimate of drug-likeness (QED) is 0.484. The minimum absolute atomic E-state index is 0.101. The number of hydrogen-bond acceptors (Lipinski definition) is 6. The number of aromatic hydroxyl groups is 1. The number of ketones is 1. The van der Waals surface area contributed by atoms with Gasteiger partial charge in [0.1, 0.15) is 5.70 Å². The fourth-order valence-electron chi connectivity index (χ4n) is 3.10. The van der Waals surface area contributed by atoms with E-state index in [1.54, 1.807) is 26.2 Å². The number of aliphatic hydroxyl groups excluding tert-OH is 1. The lowest BCUT2D eigenvalue weighted by atomic mass is 9.93. The van der Waals surface area contributed by atoms with E-state index in [0.717, 1.165) is 19.3 Å². The van der Waals surface area contributed by atoms with Crippen LogP contribution < -0.4 is 10.6 Å². The summed E-state index contributed by atoms with van der Waals surface area (Å²) in [6.45, 7) is 6.37. The maximum absolute atomic E-state index is 12.2. The zero-order valence-electron chi connectivity index (χ0n) is 17.2. The number of rotatable bonds is 9. The number of carbonyl (C=O) groups excluding carboxylic acids is 2. The Bertz CT molecular complexity index is 771. The molecule has 2 rings (SSSR count). The predicted octanol–water partition coefficient (Wildman–Crippen LogP) is 2.47. The molecule has 7 nitrogen and oxygen atoms in total. The molecule has 0 saturated carbocycles. The van der Waals surface area contributed by atoms with Gasteiger partial charge < -0.3 is 25.7 Å². The Balaban J connectivity index is 2.16. The van der Waals surface area contributed by atoms with Gasteiger partial charge in [-0.3, -0.25) is 9.59 Å². The van der Waals surface area contributed by atoms with Gasteiger partial charge in [-0.1, -0.05) is 32.8 Å². The molecule has 2 atom stereocenters. The minimum atomic E-state index is -1.19. The van der Waals surface area contributed by atoms with Crippen molar-refractivity contribution in [3.8, 4) is 5.75 Å². The van der Waals surface area contributed by atoms with Crippen LogP contribution in [0.15, 0.2) is 29.6 Å². The third-order valence-corrected chi connectivity index (χ3v) is 4.79. The summed E-state index contributed by atoms with van der Waals surface area (Å²) < 4.78 is 0. The Kier molecular flexibility index (Phi) is 7.07. The maximum Gasteiger partial charge on any atom is 0.257 e. The first-order chi connectivity index (χ1) is 13.1. The van der Waals surface area contributed by atoms with E-state index < -0.39 is 11.9 Å². The van der Waals surface area contributed by atoms with Crippen LogP contribution in [0.3, 0.4) is 0 Å². The highest BCUT2D eigenvalue weighted by atomic mass is 16.3. The van der Waals surface area contributed by atoms with Crippen LogP contribution in [-0.2, 0) is 4.79 Å². The van der Waals surface area contributed by atoms with Crippen molar-refractivity contribution in [3.05, 3.63) is 35.2 Å². The molecule has 1 aliphatic carbocycles. The third-order valence-electron chi connectivity index (χ3n) is 4.79. The first-order valence-corrected chi connectivity index (χ1v) is 9.67. The van der Waals surface area contributed by atoms with Crippen molar-refractivity contribution in [2.75, 3.05) is 19.4 Å². The predicted molar refractivity (Wildman–Crippen MR) is 109 cm³/mol. The average molecular weight is 389 g/mol. The van der Waals surface area contributed by atoms with Gasteiger partial charge >= 0.3 is 0 Å². The molecule has 154 valence electrons. The summed E-state index contributed by atoms with van der Waals surface area (Å²) in [5.41, 5.74) is 1.02. The van der Waals surface area contributed by atoms with E-state index in [1.165, 1.54) is 11.0 Å². The molecule has 0 radical (unpaired) electrons. The first kappa shape index (κ1) is 21.8. The summed E-state index contributed by atoms with van der Waals surface area (Å²) in [6, 6.07) is 4.82. The van der Waals surface area contributed by atoms with Crippen molar-refractivity contribution in [2.24, 2.45) is 5.92 Å². The number of phenols is 1. The number of phenolic OH excluding ortho intramolecular Hbond substituents is 1. The number of hydrogen-bond donors (Lipinski definition) is 4. The summed E-state index contributed by atoms with van der Waals surface area (Å²) in [7, 11) is 3.19. The lowest BCUT2D eigenvalue weighted by molar-refractivity contribution is -0.124. The Hall–Kier alpha value is -2.54. The molecule has 0 fully saturated rings. The highest BCUT2D eigenvalue weighted by Crippen LogP contribution is 2.32. The molecule has 0 spiro atoms. The second-order valence-electron chi connectivity index (χ2n) is 7.95. The van der Waals surface area contributed by atoms with E-state index in [1.807, 2.05) is 6.92 Å². The molecule has 0 saturated heterocycles. The second kappa shape index (κ2) is 9.10. The van der Waals surface area contributed by atoms with E-state index in [4.69, 9.17) is 0 Å². The number of Topliss-reactive ketones (excluding diaryl/α,β-unsaturated/α-hetero) is 1. The lowest BCUT2D eigenvalue weighted by Gasteiger charge is -2.32. The molecule has 1 aliphatic rings. The monoisotopic (exact) mass is 389 g/mol. The topological polar surface area (TPSA) is 102 Å². The summed E-state index contributed by atoms with van der Waals surface area (Å²) >= 11 is 0. The van der Waals surface area contributed by atoms with Gasteiger partial charge in [0.05, 0.1) is 16.9 Å². The number of para-hydroxylation sites is 1. The Morgan fingerprint density at radius 2 is 1.89 bits per heavy atom. The van der Waals surface area contributed by atoms with Crippen molar-refractivity contribution in [1.29, 1.82) is 0 Å². The maximum atomic E-state index is 12.2. The van der Waals surface area contributed by atoms with Crippen LogP contribution in [-0.4, -0.2) is 53.0 Å². The second-order valence-corrected chi connectivity index (χ2v) is 7.95. The van der Waals surface area contributed by atoms with Crippen molar-refractivity contribution < 1.29 is 19.8 Å². The SMILES string of the molecule is CC(C)CCCC(C)NC1=C(Nc2cccc(C(=O)N(C)C)c2O)C(=O)C1O. The zero-order chi connectivity index (χ0) is 21.0. The van der Waals surface area contributed by atoms with Gasteiger partial charge in [0, 0.05) is 20.1 Å². The van der Waals surface area contributed by atoms with E-state index in [2.05, 4.69) is 24.5 Å². The standard InChI is InChI=1S/C21H31N3O4/c1-12(2)8-6-9-13(3)22-16-17(20(27)19(16)26)23-15-11-7-10-14(18(15)25)21(28)24(4)5/h7,10-13,19,22-23,25-26H,6,8-9H2,1-5H3. The number of carbonyl (C=O) groups is 2.